The van der Waals surface area contributed by atoms with Gasteiger partial charge in [-0.3, -0.25) is 0 Å². The number of hydrogen-bond acceptors (Lipinski definition) is 6. The van der Waals surface area contributed by atoms with E-state index in [0.717, 1.165) is 131 Å². The van der Waals surface area contributed by atoms with E-state index in [9.17, 15) is 4.39 Å². The maximum atomic E-state index is 14.5. The molecule has 0 spiro atoms. The van der Waals surface area contributed by atoms with Gasteiger partial charge in [-0.1, -0.05) is 117 Å². The molecular weight excluding hydrogens is 920 g/mol. The summed E-state index contributed by atoms with van der Waals surface area (Å²) in [5.74, 6) is 2.28. The van der Waals surface area contributed by atoms with Crippen LogP contribution in [0.2, 0.25) is 0 Å². The molecule has 0 saturated carbocycles. The van der Waals surface area contributed by atoms with E-state index in [1.54, 1.807) is 26.4 Å². The summed E-state index contributed by atoms with van der Waals surface area (Å²) in [6.07, 6.45) is 9.88. The van der Waals surface area contributed by atoms with Gasteiger partial charge in [-0.2, -0.15) is 8.75 Å². The normalized spacial score (nSPS) is 13.6. The number of rotatable bonds is 13. The summed E-state index contributed by atoms with van der Waals surface area (Å²) in [5.41, 5.74) is 16.8. The van der Waals surface area contributed by atoms with Crippen molar-refractivity contribution in [3.63, 3.8) is 0 Å². The first-order valence-corrected chi connectivity index (χ1v) is 25.7. The van der Waals surface area contributed by atoms with E-state index in [2.05, 4.69) is 175 Å². The van der Waals surface area contributed by atoms with Gasteiger partial charge in [-0.15, -0.1) is 0 Å². The molecule has 8 heteroatoms. The van der Waals surface area contributed by atoms with Crippen LogP contribution in [0.5, 0.6) is 11.5 Å². The van der Waals surface area contributed by atoms with Crippen molar-refractivity contribution in [3.8, 4) is 50.6 Å². The minimum absolute atomic E-state index is 0.233. The second-order valence-electron chi connectivity index (χ2n) is 19.4. The summed E-state index contributed by atoms with van der Waals surface area (Å²) >= 11 is 1.24. The highest BCUT2D eigenvalue weighted by Gasteiger charge is 2.25. The zero-order valence-electron chi connectivity index (χ0n) is 41.2. The third kappa shape index (κ3) is 8.61. The minimum atomic E-state index is -0.257. The smallest absolute Gasteiger partial charge is 0.129 e. The second-order valence-corrected chi connectivity index (χ2v) is 19.9. The molecule has 1 aliphatic carbocycles. The van der Waals surface area contributed by atoms with Crippen LogP contribution in [0.25, 0.3) is 82.7 Å². The summed E-state index contributed by atoms with van der Waals surface area (Å²) in [6.45, 7) is 4.55. The molecule has 0 N–H and O–H groups in total. The van der Waals surface area contributed by atoms with Crippen molar-refractivity contribution >= 4 is 66.7 Å². The summed E-state index contributed by atoms with van der Waals surface area (Å²) in [5, 5.41) is 4.55. The van der Waals surface area contributed by atoms with Crippen LogP contribution in [0.1, 0.15) is 43.7 Å². The SMILES string of the molecule is COc1ccc(-c2ccc(N(C3=CCC(c4ccc(OC)cc4)C=C3)c3ccc(-c4ccc5c(c4)c4c6ccccc6cc(-c6ccc(F)cc6)c4n5-c4ccc(CCC(C)C)cc4)c4nsnc34)cc2)cc1. The van der Waals surface area contributed by atoms with Gasteiger partial charge in [0, 0.05) is 44.9 Å². The Bertz CT molecular complexity index is 3870. The van der Waals surface area contributed by atoms with Crippen LogP contribution < -0.4 is 14.4 Å². The van der Waals surface area contributed by atoms with Crippen LogP contribution in [0.3, 0.4) is 0 Å². The van der Waals surface area contributed by atoms with Crippen molar-refractivity contribution in [3.05, 3.63) is 223 Å². The third-order valence-electron chi connectivity index (χ3n) is 14.5. The maximum Gasteiger partial charge on any atom is 0.129 e. The Labute approximate surface area is 429 Å². The predicted octanol–water partition coefficient (Wildman–Crippen LogP) is 17.5. The Balaban J connectivity index is 1.00. The van der Waals surface area contributed by atoms with Crippen LogP contribution in [0.15, 0.2) is 206 Å². The lowest BCUT2D eigenvalue weighted by Gasteiger charge is -2.29. The largest absolute Gasteiger partial charge is 0.497 e. The molecule has 12 rings (SSSR count). The number of hydrogen-bond donors (Lipinski definition) is 0. The third-order valence-corrected chi connectivity index (χ3v) is 15.0. The summed E-state index contributed by atoms with van der Waals surface area (Å²) < 4.78 is 38.0. The van der Waals surface area contributed by atoms with Crippen molar-refractivity contribution in [1.82, 2.24) is 13.3 Å². The van der Waals surface area contributed by atoms with E-state index in [-0.39, 0.29) is 11.7 Å². The Morgan fingerprint density at radius 1 is 0.658 bits per heavy atom. The van der Waals surface area contributed by atoms with E-state index in [0.29, 0.717) is 5.92 Å². The van der Waals surface area contributed by atoms with Gasteiger partial charge < -0.3 is 18.9 Å². The monoisotopic (exact) mass is 972 g/mol. The fourth-order valence-electron chi connectivity index (χ4n) is 10.6. The number of fused-ring (bicyclic) bond motifs is 6. The zero-order chi connectivity index (χ0) is 49.6. The van der Waals surface area contributed by atoms with E-state index in [1.807, 2.05) is 36.4 Å². The highest BCUT2D eigenvalue weighted by atomic mass is 32.1. The van der Waals surface area contributed by atoms with Gasteiger partial charge in [0.1, 0.15) is 28.3 Å². The molecule has 0 saturated heterocycles. The fraction of sp³-hybridized carbons (Fsp3) is 0.138. The lowest BCUT2D eigenvalue weighted by atomic mass is 9.91. The topological polar surface area (TPSA) is 52.4 Å². The molecule has 0 fully saturated rings. The Hall–Kier alpha value is -8.33. The number of aromatic nitrogens is 3. The van der Waals surface area contributed by atoms with Crippen molar-refractivity contribution < 1.29 is 13.9 Å². The van der Waals surface area contributed by atoms with Crippen LogP contribution in [-0.4, -0.2) is 27.5 Å². The minimum Gasteiger partial charge on any atom is -0.497 e. The van der Waals surface area contributed by atoms with Gasteiger partial charge in [-0.05, 0) is 166 Å². The molecule has 0 aliphatic heterocycles. The molecule has 1 aliphatic rings. The van der Waals surface area contributed by atoms with Crippen molar-refractivity contribution in [2.45, 2.75) is 39.0 Å². The fourth-order valence-corrected chi connectivity index (χ4v) is 11.2. The standard InChI is InChI=1S/C65H53FN4O2S/c1-41(2)9-10-42-11-26-53(27-12-42)70-60-37-23-49(40-59(60)62-56-8-6-5-7-48(56)39-58(65(62)70)47-13-24-50(66)25-14-47)57-36-38-61(64-63(57)67-73-68-64)69(51-28-15-43(16-29-51)45-19-32-54(71-3)33-20-45)52-30-17-44(18-31-52)46-21-34-55(72-4)35-22-46/h5-8,11-17,19-41,44H,9-10,18H2,1-4H3. The number of methoxy groups -OCH3 is 2. The van der Waals surface area contributed by atoms with E-state index in [1.165, 1.54) is 22.9 Å². The lowest BCUT2D eigenvalue weighted by molar-refractivity contribution is 0.414. The summed E-state index contributed by atoms with van der Waals surface area (Å²) in [7, 11) is 3.39. The van der Waals surface area contributed by atoms with Crippen molar-refractivity contribution in [1.29, 1.82) is 0 Å². The Kier molecular flexibility index (Phi) is 12.1. The van der Waals surface area contributed by atoms with Gasteiger partial charge in [0.15, 0.2) is 0 Å². The molecule has 0 amide bonds. The molecule has 9 aromatic carbocycles. The van der Waals surface area contributed by atoms with E-state index < -0.39 is 0 Å². The van der Waals surface area contributed by atoms with Crippen molar-refractivity contribution in [2.24, 2.45) is 5.92 Å². The van der Waals surface area contributed by atoms with Crippen LogP contribution in [0, 0.1) is 11.7 Å². The molecule has 1 atom stereocenters. The van der Waals surface area contributed by atoms with Crippen molar-refractivity contribution in [2.75, 3.05) is 19.1 Å². The average molecular weight is 973 g/mol. The number of aryl methyl sites for hydroxylation is 1. The number of nitrogens with zero attached hydrogens (tertiary/aromatic N) is 4. The van der Waals surface area contributed by atoms with Crippen LogP contribution in [0.4, 0.5) is 15.8 Å². The first-order chi connectivity index (χ1) is 35.8. The molecule has 2 heterocycles. The molecular formula is C65H53FN4O2S. The first-order valence-electron chi connectivity index (χ1n) is 25.0. The second kappa shape index (κ2) is 19.4. The maximum absolute atomic E-state index is 14.5. The van der Waals surface area contributed by atoms with Gasteiger partial charge in [-0.25, -0.2) is 4.39 Å². The molecule has 2 aromatic heterocycles. The number of halogens is 1. The highest BCUT2D eigenvalue weighted by Crippen LogP contribution is 2.46. The quantitative estimate of drug-likeness (QED) is 0.115. The number of anilines is 2. The highest BCUT2D eigenvalue weighted by molar-refractivity contribution is 7.00. The number of ether oxygens (including phenoxy) is 2. The zero-order valence-corrected chi connectivity index (χ0v) is 42.0. The lowest BCUT2D eigenvalue weighted by Crippen LogP contribution is -2.17. The van der Waals surface area contributed by atoms with E-state index in [4.69, 9.17) is 18.2 Å². The van der Waals surface area contributed by atoms with Crippen LogP contribution >= 0.6 is 11.7 Å². The predicted molar refractivity (Wildman–Crippen MR) is 301 cm³/mol. The Morgan fingerprint density at radius 2 is 1.33 bits per heavy atom. The van der Waals surface area contributed by atoms with E-state index >= 15 is 0 Å². The van der Waals surface area contributed by atoms with Crippen LogP contribution in [-0.2, 0) is 6.42 Å². The van der Waals surface area contributed by atoms with Gasteiger partial charge in [0.2, 0.25) is 0 Å². The van der Waals surface area contributed by atoms with Gasteiger partial charge in [0.05, 0.1) is 42.7 Å². The molecule has 0 radical (unpaired) electrons. The summed E-state index contributed by atoms with van der Waals surface area (Å²) in [6, 6.07) is 63.3. The molecule has 6 nitrogen and oxygen atoms in total. The number of benzene rings is 9. The molecule has 1 unspecified atom stereocenters. The number of allylic oxidation sites excluding steroid dienone is 3. The summed E-state index contributed by atoms with van der Waals surface area (Å²) in [4.78, 5) is 2.32. The molecule has 11 aromatic rings. The first kappa shape index (κ1) is 45.8. The molecule has 73 heavy (non-hydrogen) atoms. The van der Waals surface area contributed by atoms with Gasteiger partial charge in [0.25, 0.3) is 0 Å². The molecule has 358 valence electrons. The Morgan fingerprint density at radius 3 is 2.03 bits per heavy atom. The van der Waals surface area contributed by atoms with Gasteiger partial charge >= 0.3 is 0 Å². The average Bonchev–Trinajstić information content (AvgIpc) is 4.08. The molecule has 0 bridgehead atoms.